The van der Waals surface area contributed by atoms with Gasteiger partial charge in [-0.25, -0.2) is 9.59 Å². The zero-order valence-corrected chi connectivity index (χ0v) is 14.5. The average Bonchev–Trinajstić information content (AvgIpc) is 2.69. The normalized spacial score (nSPS) is 16.6. The third-order valence-electron chi connectivity index (χ3n) is 3.98. The van der Waals surface area contributed by atoms with Gasteiger partial charge < -0.3 is 18.9 Å². The molecule has 2 aromatic rings. The Morgan fingerprint density at radius 2 is 1.50 bits per heavy atom. The van der Waals surface area contributed by atoms with Crippen LogP contribution in [0.5, 0.6) is 11.5 Å². The van der Waals surface area contributed by atoms with Crippen LogP contribution in [0.15, 0.2) is 48.5 Å². The summed E-state index contributed by atoms with van der Waals surface area (Å²) in [4.78, 5) is 23.6. The predicted octanol–water partition coefficient (Wildman–Crippen LogP) is 3.60. The maximum Gasteiger partial charge on any atom is 0.343 e. The molecule has 1 saturated heterocycles. The molecule has 0 aromatic heterocycles. The lowest BCUT2D eigenvalue weighted by atomic mass is 10.2. The Hall–Kier alpha value is -2.86. The molecule has 136 valence electrons. The number of rotatable bonds is 5. The Morgan fingerprint density at radius 1 is 0.885 bits per heavy atom. The molecule has 0 spiro atoms. The first-order valence-corrected chi connectivity index (χ1v) is 8.44. The van der Waals surface area contributed by atoms with Crippen LogP contribution in [0.25, 0.3) is 0 Å². The number of benzene rings is 2. The average molecular weight is 356 g/mol. The monoisotopic (exact) mass is 356 g/mol. The summed E-state index contributed by atoms with van der Waals surface area (Å²) in [7, 11) is 1.31. The fourth-order valence-electron chi connectivity index (χ4n) is 2.57. The van der Waals surface area contributed by atoms with E-state index in [2.05, 4.69) is 4.74 Å². The molecule has 1 atom stereocenters. The van der Waals surface area contributed by atoms with E-state index >= 15 is 0 Å². The van der Waals surface area contributed by atoms with Crippen molar-refractivity contribution in [3.8, 4) is 11.5 Å². The van der Waals surface area contributed by atoms with E-state index in [0.29, 0.717) is 29.2 Å². The van der Waals surface area contributed by atoms with Crippen LogP contribution in [0.4, 0.5) is 0 Å². The molecule has 1 fully saturated rings. The molecule has 3 rings (SSSR count). The molecule has 2 aromatic carbocycles. The molecular formula is C20H20O6. The van der Waals surface area contributed by atoms with Gasteiger partial charge in [-0.05, 0) is 61.4 Å². The number of carbonyl (C=O) groups excluding carboxylic acids is 2. The number of hydrogen-bond donors (Lipinski definition) is 0. The van der Waals surface area contributed by atoms with Crippen molar-refractivity contribution >= 4 is 11.9 Å². The maximum absolute atomic E-state index is 12.2. The van der Waals surface area contributed by atoms with Crippen LogP contribution in [-0.2, 0) is 9.47 Å². The summed E-state index contributed by atoms with van der Waals surface area (Å²) in [5.74, 6) is 0.0613. The summed E-state index contributed by atoms with van der Waals surface area (Å²) in [6.45, 7) is 0.712. The van der Waals surface area contributed by atoms with Gasteiger partial charge in [-0.1, -0.05) is 0 Å². The first-order chi connectivity index (χ1) is 12.7. The lowest BCUT2D eigenvalue weighted by Crippen LogP contribution is -2.24. The van der Waals surface area contributed by atoms with Crippen LogP contribution in [0.1, 0.15) is 40.0 Å². The van der Waals surface area contributed by atoms with Gasteiger partial charge in [0.05, 0.1) is 24.8 Å². The SMILES string of the molecule is COC(=O)c1ccc(OC(=O)c2ccc(OC3CCCCO3)cc2)cc1. The van der Waals surface area contributed by atoms with Crippen LogP contribution < -0.4 is 9.47 Å². The van der Waals surface area contributed by atoms with Crippen molar-refractivity contribution < 1.29 is 28.5 Å². The minimum absolute atomic E-state index is 0.227. The van der Waals surface area contributed by atoms with E-state index in [1.165, 1.54) is 19.2 Å². The van der Waals surface area contributed by atoms with E-state index in [1.54, 1.807) is 36.4 Å². The minimum Gasteiger partial charge on any atom is -0.465 e. The van der Waals surface area contributed by atoms with Crippen LogP contribution in [-0.4, -0.2) is 31.9 Å². The quantitative estimate of drug-likeness (QED) is 0.602. The van der Waals surface area contributed by atoms with E-state index in [1.807, 2.05) is 0 Å². The fraction of sp³-hybridized carbons (Fsp3) is 0.300. The Bertz CT molecular complexity index is 745. The first kappa shape index (κ1) is 17.9. The second-order valence-electron chi connectivity index (χ2n) is 5.84. The molecule has 1 unspecified atom stereocenters. The van der Waals surface area contributed by atoms with E-state index < -0.39 is 11.9 Å². The molecular weight excluding hydrogens is 336 g/mol. The molecule has 0 amide bonds. The molecule has 26 heavy (non-hydrogen) atoms. The standard InChI is InChI=1S/C20H20O6/c1-23-19(21)14-5-11-17(12-6-14)26-20(22)15-7-9-16(10-8-15)25-18-4-2-3-13-24-18/h5-12,18H,2-4,13H2,1H3. The highest BCUT2D eigenvalue weighted by Gasteiger charge is 2.16. The fourth-order valence-corrected chi connectivity index (χ4v) is 2.57. The smallest absolute Gasteiger partial charge is 0.343 e. The van der Waals surface area contributed by atoms with Crippen LogP contribution in [0, 0.1) is 0 Å². The van der Waals surface area contributed by atoms with E-state index in [0.717, 1.165) is 19.3 Å². The highest BCUT2D eigenvalue weighted by molar-refractivity contribution is 5.92. The van der Waals surface area contributed by atoms with Gasteiger partial charge in [-0.2, -0.15) is 0 Å². The Kier molecular flexibility index (Phi) is 5.86. The number of carbonyl (C=O) groups is 2. The predicted molar refractivity (Wildman–Crippen MR) is 93.4 cm³/mol. The van der Waals surface area contributed by atoms with Crippen LogP contribution in [0.2, 0.25) is 0 Å². The van der Waals surface area contributed by atoms with Gasteiger partial charge in [0, 0.05) is 6.42 Å². The summed E-state index contributed by atoms with van der Waals surface area (Å²) in [5.41, 5.74) is 0.790. The molecule has 0 N–H and O–H groups in total. The number of ether oxygens (including phenoxy) is 4. The molecule has 0 bridgehead atoms. The minimum atomic E-state index is -0.490. The van der Waals surface area contributed by atoms with Crippen molar-refractivity contribution in [1.29, 1.82) is 0 Å². The van der Waals surface area contributed by atoms with E-state index in [4.69, 9.17) is 14.2 Å². The van der Waals surface area contributed by atoms with Crippen molar-refractivity contribution in [1.82, 2.24) is 0 Å². The Labute approximate surface area is 151 Å². The number of methoxy groups -OCH3 is 1. The van der Waals surface area contributed by atoms with Gasteiger partial charge in [0.1, 0.15) is 11.5 Å². The lowest BCUT2D eigenvalue weighted by Gasteiger charge is -2.23. The topological polar surface area (TPSA) is 71.1 Å². The molecule has 6 heteroatoms. The van der Waals surface area contributed by atoms with Gasteiger partial charge >= 0.3 is 11.9 Å². The zero-order chi connectivity index (χ0) is 18.4. The summed E-state index contributed by atoms with van der Waals surface area (Å²) in [6.07, 6.45) is 2.79. The molecule has 1 aliphatic rings. The van der Waals surface area contributed by atoms with Crippen LogP contribution >= 0.6 is 0 Å². The molecule has 0 radical (unpaired) electrons. The number of hydrogen-bond acceptors (Lipinski definition) is 6. The summed E-state index contributed by atoms with van der Waals surface area (Å²) >= 11 is 0. The summed E-state index contributed by atoms with van der Waals surface area (Å²) in [6, 6.07) is 12.9. The number of esters is 2. The summed E-state index contributed by atoms with van der Waals surface area (Å²) < 4.78 is 21.2. The highest BCUT2D eigenvalue weighted by atomic mass is 16.7. The second-order valence-corrected chi connectivity index (χ2v) is 5.84. The van der Waals surface area contributed by atoms with Crippen molar-refractivity contribution in [2.24, 2.45) is 0 Å². The van der Waals surface area contributed by atoms with Gasteiger partial charge in [0.25, 0.3) is 0 Å². The third-order valence-corrected chi connectivity index (χ3v) is 3.98. The van der Waals surface area contributed by atoms with Gasteiger partial charge in [0.2, 0.25) is 0 Å². The van der Waals surface area contributed by atoms with Crippen molar-refractivity contribution in [3.63, 3.8) is 0 Å². The van der Waals surface area contributed by atoms with Crippen molar-refractivity contribution in [2.75, 3.05) is 13.7 Å². The maximum atomic E-state index is 12.2. The Morgan fingerprint density at radius 3 is 2.08 bits per heavy atom. The molecule has 0 saturated carbocycles. The van der Waals surface area contributed by atoms with Gasteiger partial charge in [-0.15, -0.1) is 0 Å². The zero-order valence-electron chi connectivity index (χ0n) is 14.5. The highest BCUT2D eigenvalue weighted by Crippen LogP contribution is 2.21. The molecule has 1 aliphatic heterocycles. The van der Waals surface area contributed by atoms with Crippen LogP contribution in [0.3, 0.4) is 0 Å². The largest absolute Gasteiger partial charge is 0.465 e. The third kappa shape index (κ3) is 4.61. The van der Waals surface area contributed by atoms with Crippen molar-refractivity contribution in [2.45, 2.75) is 25.6 Å². The van der Waals surface area contributed by atoms with Crippen molar-refractivity contribution in [3.05, 3.63) is 59.7 Å². The van der Waals surface area contributed by atoms with Gasteiger partial charge in [-0.3, -0.25) is 0 Å². The lowest BCUT2D eigenvalue weighted by molar-refractivity contribution is -0.105. The molecule has 0 aliphatic carbocycles. The summed E-state index contributed by atoms with van der Waals surface area (Å²) in [5, 5.41) is 0. The first-order valence-electron chi connectivity index (χ1n) is 8.44. The molecule has 1 heterocycles. The van der Waals surface area contributed by atoms with E-state index in [9.17, 15) is 9.59 Å². The second kappa shape index (κ2) is 8.49. The van der Waals surface area contributed by atoms with Gasteiger partial charge in [0.15, 0.2) is 6.29 Å². The Balaban J connectivity index is 1.58. The van der Waals surface area contributed by atoms with E-state index in [-0.39, 0.29) is 6.29 Å². The molecule has 6 nitrogen and oxygen atoms in total.